The molecule has 0 N–H and O–H groups in total. The SMILES string of the molecule is Cc1cc(-c2c(-c3ccccc3)ncn2Cc2noc(C(C)C)n2)oc1C. The maximum atomic E-state index is 6.02. The zero-order valence-corrected chi connectivity index (χ0v) is 15.9. The Bertz CT molecular complexity index is 1040. The lowest BCUT2D eigenvalue weighted by molar-refractivity contribution is 0.360. The summed E-state index contributed by atoms with van der Waals surface area (Å²) in [7, 11) is 0. The number of nitrogens with zero attached hydrogens (tertiary/aromatic N) is 4. The van der Waals surface area contributed by atoms with Gasteiger partial charge in [0.25, 0.3) is 0 Å². The fourth-order valence-electron chi connectivity index (χ4n) is 2.98. The van der Waals surface area contributed by atoms with Crippen molar-refractivity contribution in [2.75, 3.05) is 0 Å². The van der Waals surface area contributed by atoms with E-state index in [1.165, 1.54) is 0 Å². The highest BCUT2D eigenvalue weighted by Gasteiger charge is 2.20. The van der Waals surface area contributed by atoms with Crippen LogP contribution < -0.4 is 0 Å². The molecule has 6 heteroatoms. The Balaban J connectivity index is 1.80. The van der Waals surface area contributed by atoms with E-state index in [1.807, 2.05) is 68.7 Å². The first-order valence-electron chi connectivity index (χ1n) is 9.03. The Kier molecular flexibility index (Phi) is 4.39. The molecule has 0 aliphatic rings. The second-order valence-electron chi connectivity index (χ2n) is 6.99. The van der Waals surface area contributed by atoms with Gasteiger partial charge in [-0.25, -0.2) is 4.98 Å². The molecular weight excluding hydrogens is 340 g/mol. The molecule has 0 atom stereocenters. The van der Waals surface area contributed by atoms with Crippen LogP contribution in [0, 0.1) is 13.8 Å². The van der Waals surface area contributed by atoms with Gasteiger partial charge in [0.05, 0.1) is 18.6 Å². The molecule has 0 saturated heterocycles. The quantitative estimate of drug-likeness (QED) is 0.501. The molecule has 3 aromatic heterocycles. The maximum absolute atomic E-state index is 6.02. The van der Waals surface area contributed by atoms with E-state index in [1.54, 1.807) is 6.33 Å². The third-order valence-corrected chi connectivity index (χ3v) is 4.57. The minimum absolute atomic E-state index is 0.198. The number of hydrogen-bond donors (Lipinski definition) is 0. The van der Waals surface area contributed by atoms with Gasteiger partial charge in [0.15, 0.2) is 11.6 Å². The fourth-order valence-corrected chi connectivity index (χ4v) is 2.98. The summed E-state index contributed by atoms with van der Waals surface area (Å²) in [5.41, 5.74) is 3.93. The van der Waals surface area contributed by atoms with E-state index in [9.17, 15) is 0 Å². The molecule has 6 nitrogen and oxygen atoms in total. The number of imidazole rings is 1. The molecule has 3 heterocycles. The minimum Gasteiger partial charge on any atom is -0.459 e. The summed E-state index contributed by atoms with van der Waals surface area (Å²) in [6.45, 7) is 8.53. The average molecular weight is 362 g/mol. The topological polar surface area (TPSA) is 69.9 Å². The Morgan fingerprint density at radius 3 is 2.52 bits per heavy atom. The van der Waals surface area contributed by atoms with Crippen molar-refractivity contribution in [3.8, 4) is 22.7 Å². The molecule has 0 amide bonds. The molecule has 4 aromatic rings. The summed E-state index contributed by atoms with van der Waals surface area (Å²) in [5, 5.41) is 4.11. The highest BCUT2D eigenvalue weighted by molar-refractivity contribution is 5.76. The van der Waals surface area contributed by atoms with Crippen LogP contribution >= 0.6 is 0 Å². The number of furan rings is 1. The predicted molar refractivity (Wildman–Crippen MR) is 102 cm³/mol. The third kappa shape index (κ3) is 3.30. The molecule has 0 saturated carbocycles. The first-order chi connectivity index (χ1) is 13.0. The average Bonchev–Trinajstić information content (AvgIpc) is 3.36. The number of aryl methyl sites for hydroxylation is 2. The summed E-state index contributed by atoms with van der Waals surface area (Å²) in [4.78, 5) is 9.14. The van der Waals surface area contributed by atoms with Crippen LogP contribution in [-0.4, -0.2) is 19.7 Å². The lowest BCUT2D eigenvalue weighted by atomic mass is 10.1. The zero-order valence-electron chi connectivity index (χ0n) is 15.9. The molecule has 0 unspecified atom stereocenters. The van der Waals surface area contributed by atoms with Crippen LogP contribution in [0.5, 0.6) is 0 Å². The summed E-state index contributed by atoms with van der Waals surface area (Å²) in [6.07, 6.45) is 1.80. The molecule has 0 bridgehead atoms. The van der Waals surface area contributed by atoms with E-state index in [0.29, 0.717) is 18.3 Å². The fraction of sp³-hybridized carbons (Fsp3) is 0.286. The van der Waals surface area contributed by atoms with Crippen LogP contribution in [-0.2, 0) is 6.54 Å². The lowest BCUT2D eigenvalue weighted by Crippen LogP contribution is -2.02. The van der Waals surface area contributed by atoms with Crippen molar-refractivity contribution in [2.45, 2.75) is 40.2 Å². The monoisotopic (exact) mass is 362 g/mol. The van der Waals surface area contributed by atoms with E-state index in [-0.39, 0.29) is 5.92 Å². The van der Waals surface area contributed by atoms with Gasteiger partial charge in [-0.2, -0.15) is 4.98 Å². The minimum atomic E-state index is 0.198. The van der Waals surface area contributed by atoms with Crippen LogP contribution in [0.25, 0.3) is 22.7 Å². The lowest BCUT2D eigenvalue weighted by Gasteiger charge is -2.06. The van der Waals surface area contributed by atoms with Crippen molar-refractivity contribution >= 4 is 0 Å². The van der Waals surface area contributed by atoms with E-state index in [4.69, 9.17) is 8.94 Å². The highest BCUT2D eigenvalue weighted by Crippen LogP contribution is 2.33. The molecule has 0 aliphatic heterocycles. The third-order valence-electron chi connectivity index (χ3n) is 4.57. The Hall–Kier alpha value is -3.15. The number of hydrogen-bond acceptors (Lipinski definition) is 5. The molecular formula is C21H22N4O2. The first-order valence-corrected chi connectivity index (χ1v) is 9.03. The van der Waals surface area contributed by atoms with Gasteiger partial charge in [-0.05, 0) is 25.5 Å². The summed E-state index contributed by atoms with van der Waals surface area (Å²) in [6, 6.07) is 12.1. The van der Waals surface area contributed by atoms with Gasteiger partial charge in [0, 0.05) is 11.5 Å². The van der Waals surface area contributed by atoms with E-state index >= 15 is 0 Å². The maximum Gasteiger partial charge on any atom is 0.229 e. The van der Waals surface area contributed by atoms with Crippen LogP contribution in [0.15, 0.2) is 51.7 Å². The molecule has 138 valence electrons. The molecule has 0 spiro atoms. The molecule has 4 rings (SSSR count). The molecule has 27 heavy (non-hydrogen) atoms. The number of aromatic nitrogens is 4. The normalized spacial score (nSPS) is 11.4. The van der Waals surface area contributed by atoms with Crippen LogP contribution in [0.4, 0.5) is 0 Å². The summed E-state index contributed by atoms with van der Waals surface area (Å²) in [5.74, 6) is 3.15. The molecule has 0 fully saturated rings. The second kappa shape index (κ2) is 6.87. The number of rotatable bonds is 5. The van der Waals surface area contributed by atoms with Gasteiger partial charge in [-0.1, -0.05) is 49.3 Å². The van der Waals surface area contributed by atoms with Gasteiger partial charge >= 0.3 is 0 Å². The number of benzene rings is 1. The first kappa shape index (κ1) is 17.3. The smallest absolute Gasteiger partial charge is 0.229 e. The van der Waals surface area contributed by atoms with Crippen molar-refractivity contribution in [1.29, 1.82) is 0 Å². The second-order valence-corrected chi connectivity index (χ2v) is 6.99. The zero-order chi connectivity index (χ0) is 19.0. The van der Waals surface area contributed by atoms with Crippen LogP contribution in [0.1, 0.15) is 42.8 Å². The molecule has 1 aromatic carbocycles. The van der Waals surface area contributed by atoms with Crippen molar-refractivity contribution in [1.82, 2.24) is 19.7 Å². The van der Waals surface area contributed by atoms with Gasteiger partial charge in [0.2, 0.25) is 5.89 Å². The van der Waals surface area contributed by atoms with Crippen molar-refractivity contribution in [2.24, 2.45) is 0 Å². The van der Waals surface area contributed by atoms with E-state index < -0.39 is 0 Å². The summed E-state index contributed by atoms with van der Waals surface area (Å²) < 4.78 is 13.4. The largest absolute Gasteiger partial charge is 0.459 e. The van der Waals surface area contributed by atoms with Crippen molar-refractivity contribution < 1.29 is 8.94 Å². The van der Waals surface area contributed by atoms with Crippen molar-refractivity contribution in [3.63, 3.8) is 0 Å². The predicted octanol–water partition coefficient (Wildman–Crippen LogP) is 4.98. The molecule has 0 radical (unpaired) electrons. The summed E-state index contributed by atoms with van der Waals surface area (Å²) >= 11 is 0. The Morgan fingerprint density at radius 2 is 1.89 bits per heavy atom. The van der Waals surface area contributed by atoms with Gasteiger partial charge in [-0.3, -0.25) is 0 Å². The van der Waals surface area contributed by atoms with E-state index in [2.05, 4.69) is 15.1 Å². The molecule has 0 aliphatic carbocycles. The highest BCUT2D eigenvalue weighted by atomic mass is 16.5. The van der Waals surface area contributed by atoms with Crippen LogP contribution in [0.3, 0.4) is 0 Å². The van der Waals surface area contributed by atoms with Gasteiger partial charge in [0.1, 0.15) is 11.5 Å². The van der Waals surface area contributed by atoms with Crippen LogP contribution in [0.2, 0.25) is 0 Å². The Morgan fingerprint density at radius 1 is 1.11 bits per heavy atom. The van der Waals surface area contributed by atoms with Gasteiger partial charge < -0.3 is 13.5 Å². The van der Waals surface area contributed by atoms with E-state index in [0.717, 1.165) is 34.0 Å². The Labute approximate surface area is 157 Å². The van der Waals surface area contributed by atoms with Gasteiger partial charge in [-0.15, -0.1) is 0 Å². The van der Waals surface area contributed by atoms with Crippen molar-refractivity contribution in [3.05, 3.63) is 65.8 Å². The standard InChI is InChI=1S/C21H22N4O2/c1-13(2)21-23-18(24-27-21)11-25-12-22-19(16-8-6-5-7-9-16)20(25)17-10-14(3)15(4)26-17/h5-10,12-13H,11H2,1-4H3.